The van der Waals surface area contributed by atoms with Gasteiger partial charge in [-0.2, -0.15) is 0 Å². The van der Waals surface area contributed by atoms with Crippen molar-refractivity contribution >= 4 is 39.9 Å². The molecular weight excluding hydrogens is 360 g/mol. The molecule has 0 bridgehead atoms. The van der Waals surface area contributed by atoms with Crippen LogP contribution in [0.25, 0.3) is 0 Å². The van der Waals surface area contributed by atoms with Crippen molar-refractivity contribution in [1.82, 2.24) is 4.90 Å². The first kappa shape index (κ1) is 17.4. The average molecular weight is 374 g/mol. The summed E-state index contributed by atoms with van der Waals surface area (Å²) in [5, 5.41) is 20.5. The van der Waals surface area contributed by atoms with Gasteiger partial charge in [0.25, 0.3) is 0 Å². The minimum atomic E-state index is -0.644. The third kappa shape index (κ3) is 3.64. The lowest BCUT2D eigenvalue weighted by Gasteiger charge is -2.15. The van der Waals surface area contributed by atoms with Crippen LogP contribution in [-0.4, -0.2) is 30.4 Å². The molecule has 6 nitrogen and oxygen atoms in total. The molecule has 1 saturated heterocycles. The van der Waals surface area contributed by atoms with Gasteiger partial charge in [0.2, 0.25) is 5.91 Å². The highest BCUT2D eigenvalue weighted by molar-refractivity contribution is 8.24. The summed E-state index contributed by atoms with van der Waals surface area (Å²) in [6.45, 7) is 0.392. The smallest absolute Gasteiger partial charge is 0.310 e. The Kier molecular flexibility index (Phi) is 5.00. The second kappa shape index (κ2) is 7.20. The van der Waals surface area contributed by atoms with Crippen LogP contribution in [0.5, 0.6) is 5.75 Å². The first-order chi connectivity index (χ1) is 12.0. The summed E-state index contributed by atoms with van der Waals surface area (Å²) < 4.78 is 0.476. The molecule has 1 unspecified atom stereocenters. The van der Waals surface area contributed by atoms with Crippen molar-refractivity contribution in [1.29, 1.82) is 0 Å². The normalized spacial score (nSPS) is 17.1. The number of hydrogen-bond acceptors (Lipinski definition) is 6. The number of nitrogens with zero attached hydrogens (tertiary/aromatic N) is 2. The molecular formula is C17H14N2O4S2. The van der Waals surface area contributed by atoms with Crippen LogP contribution in [0, 0.1) is 10.1 Å². The summed E-state index contributed by atoms with van der Waals surface area (Å²) in [6.07, 6.45) is 0.183. The monoisotopic (exact) mass is 374 g/mol. The zero-order chi connectivity index (χ0) is 18.0. The quantitative estimate of drug-likeness (QED) is 0.491. The SMILES string of the molecule is O=C1C(Cc2cccc([N+](=O)[O-])c2O)SC(=S)N1Cc1ccccc1. The predicted octanol–water partition coefficient (Wildman–Crippen LogP) is 3.27. The lowest BCUT2D eigenvalue weighted by atomic mass is 10.1. The molecule has 2 aromatic rings. The third-order valence-corrected chi connectivity index (χ3v) is 5.47. The fourth-order valence-corrected chi connectivity index (χ4v) is 4.15. The van der Waals surface area contributed by atoms with Gasteiger partial charge in [-0.15, -0.1) is 0 Å². The summed E-state index contributed by atoms with van der Waals surface area (Å²) in [5.74, 6) is -0.543. The van der Waals surface area contributed by atoms with Crippen molar-refractivity contribution in [2.75, 3.05) is 0 Å². The number of phenolic OH excluding ortho intramolecular Hbond substituents is 1. The van der Waals surface area contributed by atoms with E-state index in [1.165, 1.54) is 28.8 Å². The minimum Gasteiger partial charge on any atom is -0.502 e. The zero-order valence-corrected chi connectivity index (χ0v) is 14.6. The standard InChI is InChI=1S/C17H14N2O4S2/c20-15-12(7-4-8-13(15)19(22)23)9-14-16(21)18(17(24)25-14)10-11-5-2-1-3-6-11/h1-8,14,20H,9-10H2. The number of thiocarbonyl (C=S) groups is 1. The van der Waals surface area contributed by atoms with Crippen molar-refractivity contribution in [3.8, 4) is 5.75 Å². The molecule has 1 aliphatic heterocycles. The predicted molar refractivity (Wildman–Crippen MR) is 99.4 cm³/mol. The number of phenols is 1. The van der Waals surface area contributed by atoms with Gasteiger partial charge in [-0.1, -0.05) is 66.4 Å². The van der Waals surface area contributed by atoms with E-state index in [1.54, 1.807) is 6.07 Å². The molecule has 0 saturated carbocycles. The van der Waals surface area contributed by atoms with Gasteiger partial charge in [0.05, 0.1) is 16.7 Å². The van der Waals surface area contributed by atoms with E-state index in [0.717, 1.165) is 5.56 Å². The van der Waals surface area contributed by atoms with E-state index in [0.29, 0.717) is 16.4 Å². The Labute approximate surface area is 153 Å². The molecule has 1 heterocycles. The maximum Gasteiger partial charge on any atom is 0.310 e. The second-order valence-electron chi connectivity index (χ2n) is 5.53. The fraction of sp³-hybridized carbons (Fsp3) is 0.176. The zero-order valence-electron chi connectivity index (χ0n) is 13.0. The van der Waals surface area contributed by atoms with Crippen LogP contribution in [0.2, 0.25) is 0 Å². The molecule has 3 rings (SSSR count). The van der Waals surface area contributed by atoms with Gasteiger partial charge in [-0.25, -0.2) is 0 Å². The van der Waals surface area contributed by atoms with Crippen molar-refractivity contribution in [2.24, 2.45) is 0 Å². The van der Waals surface area contributed by atoms with Crippen LogP contribution in [0.3, 0.4) is 0 Å². The van der Waals surface area contributed by atoms with Crippen LogP contribution in [0.4, 0.5) is 5.69 Å². The van der Waals surface area contributed by atoms with Crippen LogP contribution < -0.4 is 0 Å². The first-order valence-corrected chi connectivity index (χ1v) is 8.77. The maximum absolute atomic E-state index is 12.7. The number of aromatic hydroxyl groups is 1. The van der Waals surface area contributed by atoms with E-state index < -0.39 is 15.9 Å². The number of hydrogen-bond donors (Lipinski definition) is 1. The Balaban J connectivity index is 1.77. The van der Waals surface area contributed by atoms with E-state index in [2.05, 4.69) is 0 Å². The molecule has 0 aromatic heterocycles. The molecule has 1 fully saturated rings. The number of nitro groups is 1. The van der Waals surface area contributed by atoms with Gasteiger partial charge in [0.15, 0.2) is 5.75 Å². The fourth-order valence-electron chi connectivity index (χ4n) is 2.63. The minimum absolute atomic E-state index is 0.148. The number of carbonyl (C=O) groups is 1. The Morgan fingerprint density at radius 1 is 1.20 bits per heavy atom. The van der Waals surface area contributed by atoms with Gasteiger partial charge < -0.3 is 5.11 Å². The van der Waals surface area contributed by atoms with Crippen molar-refractivity contribution in [3.05, 3.63) is 69.8 Å². The topological polar surface area (TPSA) is 83.7 Å². The highest BCUT2D eigenvalue weighted by Crippen LogP contribution is 2.35. The third-order valence-electron chi connectivity index (χ3n) is 3.89. The summed E-state index contributed by atoms with van der Waals surface area (Å²) in [4.78, 5) is 24.5. The summed E-state index contributed by atoms with van der Waals surface area (Å²) in [6, 6.07) is 13.8. The lowest BCUT2D eigenvalue weighted by molar-refractivity contribution is -0.385. The number of nitro benzene ring substituents is 1. The summed E-state index contributed by atoms with van der Waals surface area (Å²) >= 11 is 6.55. The number of rotatable bonds is 5. The van der Waals surface area contributed by atoms with Gasteiger partial charge in [-0.05, 0) is 12.0 Å². The van der Waals surface area contributed by atoms with Crippen molar-refractivity contribution in [2.45, 2.75) is 18.2 Å². The molecule has 25 heavy (non-hydrogen) atoms. The van der Waals surface area contributed by atoms with Gasteiger partial charge in [0.1, 0.15) is 4.32 Å². The summed E-state index contributed by atoms with van der Waals surface area (Å²) in [7, 11) is 0. The Hall–Kier alpha value is -2.45. The highest BCUT2D eigenvalue weighted by Gasteiger charge is 2.37. The van der Waals surface area contributed by atoms with Crippen LogP contribution in [0.1, 0.15) is 11.1 Å². The largest absolute Gasteiger partial charge is 0.502 e. The first-order valence-electron chi connectivity index (χ1n) is 7.48. The van der Waals surface area contributed by atoms with Gasteiger partial charge in [0, 0.05) is 11.6 Å². The van der Waals surface area contributed by atoms with Crippen molar-refractivity contribution < 1.29 is 14.8 Å². The Morgan fingerprint density at radius 2 is 1.92 bits per heavy atom. The molecule has 0 aliphatic carbocycles. The molecule has 1 atom stereocenters. The lowest BCUT2D eigenvalue weighted by Crippen LogP contribution is -2.31. The van der Waals surface area contributed by atoms with Crippen LogP contribution in [-0.2, 0) is 17.8 Å². The molecule has 8 heteroatoms. The number of carbonyl (C=O) groups excluding carboxylic acids is 1. The number of amides is 1. The van der Waals surface area contributed by atoms with Gasteiger partial charge in [-0.3, -0.25) is 19.8 Å². The second-order valence-corrected chi connectivity index (χ2v) is 7.37. The molecule has 0 radical (unpaired) electrons. The molecule has 128 valence electrons. The van der Waals surface area contributed by atoms with Crippen molar-refractivity contribution in [3.63, 3.8) is 0 Å². The molecule has 1 amide bonds. The molecule has 1 N–H and O–H groups in total. The molecule has 1 aliphatic rings. The van der Waals surface area contributed by atoms with Gasteiger partial charge >= 0.3 is 5.69 Å². The van der Waals surface area contributed by atoms with E-state index >= 15 is 0 Å². The van der Waals surface area contributed by atoms with E-state index in [1.807, 2.05) is 30.3 Å². The Morgan fingerprint density at radius 3 is 2.60 bits per heavy atom. The maximum atomic E-state index is 12.7. The number of thioether (sulfide) groups is 1. The van der Waals surface area contributed by atoms with E-state index in [-0.39, 0.29) is 18.0 Å². The van der Waals surface area contributed by atoms with E-state index in [4.69, 9.17) is 12.2 Å². The molecule has 0 spiro atoms. The summed E-state index contributed by atoms with van der Waals surface area (Å²) in [5.41, 5.74) is 0.971. The molecule has 2 aromatic carbocycles. The van der Waals surface area contributed by atoms with E-state index in [9.17, 15) is 20.0 Å². The highest BCUT2D eigenvalue weighted by atomic mass is 32.2. The Bertz CT molecular complexity index is 842. The van der Waals surface area contributed by atoms with Crippen LogP contribution in [0.15, 0.2) is 48.5 Å². The van der Waals surface area contributed by atoms with Crippen LogP contribution >= 0.6 is 24.0 Å². The number of benzene rings is 2. The number of para-hydroxylation sites is 1. The average Bonchev–Trinajstić information content (AvgIpc) is 2.85.